The fraction of sp³-hybridized carbons (Fsp3) is 0.462. The van der Waals surface area contributed by atoms with Crippen molar-refractivity contribution in [2.75, 3.05) is 19.0 Å². The first-order valence-electron chi connectivity index (χ1n) is 5.92. The molecule has 0 aromatic heterocycles. The molecule has 2 N–H and O–H groups in total. The summed E-state index contributed by atoms with van der Waals surface area (Å²) in [6.45, 7) is 0.628. The molecule has 0 fully saturated rings. The second kappa shape index (κ2) is 7.53. The van der Waals surface area contributed by atoms with Crippen molar-refractivity contribution in [2.45, 2.75) is 25.7 Å². The minimum atomic E-state index is -0.774. The van der Waals surface area contributed by atoms with Crippen LogP contribution >= 0.6 is 0 Å². The average molecular weight is 255 g/mol. The molecule has 1 rings (SSSR count). The smallest absolute Gasteiger partial charge is 0.303 e. The number of hydrogen-bond donors (Lipinski definition) is 2. The van der Waals surface area contributed by atoms with E-state index in [1.165, 1.54) is 13.2 Å². The van der Waals surface area contributed by atoms with Crippen LogP contribution in [0.5, 0.6) is 5.75 Å². The first-order valence-corrected chi connectivity index (χ1v) is 5.92. The number of carbonyl (C=O) groups is 1. The summed E-state index contributed by atoms with van der Waals surface area (Å²) in [6.07, 6.45) is 2.48. The first-order chi connectivity index (χ1) is 8.63. The maximum Gasteiger partial charge on any atom is 0.303 e. The second-order valence-corrected chi connectivity index (χ2v) is 3.98. The van der Waals surface area contributed by atoms with E-state index in [-0.39, 0.29) is 12.2 Å². The molecule has 0 saturated carbocycles. The highest BCUT2D eigenvalue weighted by molar-refractivity contribution is 5.66. The normalized spacial score (nSPS) is 10.1. The zero-order valence-corrected chi connectivity index (χ0v) is 10.4. The summed E-state index contributed by atoms with van der Waals surface area (Å²) in [7, 11) is 1.49. The van der Waals surface area contributed by atoms with Crippen LogP contribution in [0.25, 0.3) is 0 Å². The fourth-order valence-electron chi connectivity index (χ4n) is 1.57. The highest BCUT2D eigenvalue weighted by atomic mass is 19.1. The van der Waals surface area contributed by atoms with E-state index in [9.17, 15) is 9.18 Å². The summed E-state index contributed by atoms with van der Waals surface area (Å²) in [6, 6.07) is 4.65. The Morgan fingerprint density at radius 1 is 1.39 bits per heavy atom. The molecule has 0 aliphatic rings. The van der Waals surface area contributed by atoms with E-state index in [1.807, 2.05) is 0 Å². The molecular weight excluding hydrogens is 237 g/mol. The van der Waals surface area contributed by atoms with Gasteiger partial charge in [-0.25, -0.2) is 4.39 Å². The van der Waals surface area contributed by atoms with Crippen LogP contribution in [0.15, 0.2) is 18.2 Å². The van der Waals surface area contributed by atoms with Gasteiger partial charge in [0.05, 0.1) is 12.8 Å². The van der Waals surface area contributed by atoms with E-state index in [4.69, 9.17) is 9.84 Å². The molecule has 0 bridgehead atoms. The van der Waals surface area contributed by atoms with Gasteiger partial charge in [0.25, 0.3) is 0 Å². The van der Waals surface area contributed by atoms with E-state index in [1.54, 1.807) is 12.1 Å². The number of methoxy groups -OCH3 is 1. The summed E-state index contributed by atoms with van der Waals surface area (Å²) in [5.41, 5.74) is 0.439. The molecule has 0 atom stereocenters. The predicted molar refractivity (Wildman–Crippen MR) is 67.5 cm³/mol. The third-order valence-electron chi connectivity index (χ3n) is 2.56. The van der Waals surface area contributed by atoms with Crippen LogP contribution in [-0.4, -0.2) is 24.7 Å². The largest absolute Gasteiger partial charge is 0.497 e. The van der Waals surface area contributed by atoms with Crippen molar-refractivity contribution in [1.82, 2.24) is 0 Å². The number of carboxylic acid groups (broad SMARTS) is 1. The molecular formula is C13H18FNO3. The predicted octanol–water partition coefficient (Wildman–Crippen LogP) is 2.89. The molecule has 4 nitrogen and oxygen atoms in total. The molecule has 0 amide bonds. The standard InChI is InChI=1S/C13H18FNO3/c1-18-10-6-7-12(11(14)9-10)15-8-4-2-3-5-13(16)17/h6-7,9,15H,2-5,8H2,1H3,(H,16,17). The van der Waals surface area contributed by atoms with Crippen molar-refractivity contribution in [3.63, 3.8) is 0 Å². The van der Waals surface area contributed by atoms with E-state index in [0.717, 1.165) is 12.8 Å². The van der Waals surface area contributed by atoms with E-state index in [0.29, 0.717) is 24.4 Å². The number of aliphatic carboxylic acids is 1. The van der Waals surface area contributed by atoms with Gasteiger partial charge in [0.15, 0.2) is 0 Å². The highest BCUT2D eigenvalue weighted by Crippen LogP contribution is 2.20. The van der Waals surface area contributed by atoms with Gasteiger partial charge >= 0.3 is 5.97 Å². The minimum absolute atomic E-state index is 0.191. The quantitative estimate of drug-likeness (QED) is 0.701. The number of anilines is 1. The second-order valence-electron chi connectivity index (χ2n) is 3.98. The van der Waals surface area contributed by atoms with Crippen molar-refractivity contribution in [2.24, 2.45) is 0 Å². The Morgan fingerprint density at radius 3 is 2.78 bits per heavy atom. The molecule has 0 aliphatic heterocycles. The number of ether oxygens (including phenoxy) is 1. The third-order valence-corrected chi connectivity index (χ3v) is 2.56. The summed E-state index contributed by atoms with van der Waals surface area (Å²) in [5.74, 6) is -0.636. The summed E-state index contributed by atoms with van der Waals surface area (Å²) < 4.78 is 18.4. The molecule has 0 spiro atoms. The van der Waals surface area contributed by atoms with Gasteiger partial charge in [0.1, 0.15) is 11.6 Å². The number of halogens is 1. The van der Waals surface area contributed by atoms with Crippen LogP contribution in [0, 0.1) is 5.82 Å². The molecule has 100 valence electrons. The lowest BCUT2D eigenvalue weighted by molar-refractivity contribution is -0.137. The molecule has 1 aromatic carbocycles. The lowest BCUT2D eigenvalue weighted by Gasteiger charge is -2.08. The topological polar surface area (TPSA) is 58.6 Å². The van der Waals surface area contributed by atoms with Crippen molar-refractivity contribution in [1.29, 1.82) is 0 Å². The molecule has 5 heteroatoms. The summed E-state index contributed by atoms with van der Waals surface area (Å²) in [4.78, 5) is 10.3. The van der Waals surface area contributed by atoms with Gasteiger partial charge in [0.2, 0.25) is 0 Å². The van der Waals surface area contributed by atoms with Crippen molar-refractivity contribution in [3.8, 4) is 5.75 Å². The number of carboxylic acids is 1. The summed E-state index contributed by atoms with van der Waals surface area (Å²) in [5, 5.41) is 11.4. The molecule has 0 aliphatic carbocycles. The van der Waals surface area contributed by atoms with Crippen LogP contribution in [0.1, 0.15) is 25.7 Å². The molecule has 0 radical (unpaired) electrons. The van der Waals surface area contributed by atoms with Gasteiger partial charge < -0.3 is 15.2 Å². The number of hydrogen-bond acceptors (Lipinski definition) is 3. The first kappa shape index (κ1) is 14.3. The third kappa shape index (κ3) is 5.03. The molecule has 1 aromatic rings. The Labute approximate surface area is 106 Å². The van der Waals surface area contributed by atoms with Crippen molar-refractivity contribution >= 4 is 11.7 Å². The van der Waals surface area contributed by atoms with E-state index >= 15 is 0 Å². The van der Waals surface area contributed by atoms with Crippen molar-refractivity contribution in [3.05, 3.63) is 24.0 Å². The minimum Gasteiger partial charge on any atom is -0.497 e. The van der Waals surface area contributed by atoms with Gasteiger partial charge in [-0.15, -0.1) is 0 Å². The Morgan fingerprint density at radius 2 is 2.17 bits per heavy atom. The van der Waals surface area contributed by atoms with E-state index < -0.39 is 5.97 Å². The Balaban J connectivity index is 2.25. The molecule has 18 heavy (non-hydrogen) atoms. The van der Waals surface area contributed by atoms with Gasteiger partial charge in [0, 0.05) is 19.0 Å². The highest BCUT2D eigenvalue weighted by Gasteiger charge is 2.03. The fourth-order valence-corrected chi connectivity index (χ4v) is 1.57. The van der Waals surface area contributed by atoms with Gasteiger partial charge in [-0.3, -0.25) is 4.79 Å². The lowest BCUT2D eigenvalue weighted by Crippen LogP contribution is -2.04. The van der Waals surface area contributed by atoms with E-state index in [2.05, 4.69) is 5.32 Å². The van der Waals surface area contributed by atoms with Crippen LogP contribution in [0.3, 0.4) is 0 Å². The van der Waals surface area contributed by atoms with Gasteiger partial charge in [-0.1, -0.05) is 6.42 Å². The summed E-state index contributed by atoms with van der Waals surface area (Å²) >= 11 is 0. The zero-order chi connectivity index (χ0) is 13.4. The molecule has 0 unspecified atom stereocenters. The maximum absolute atomic E-state index is 13.5. The Bertz CT molecular complexity index is 396. The Kier molecular flexibility index (Phi) is 5.97. The van der Waals surface area contributed by atoms with Crippen LogP contribution in [0.2, 0.25) is 0 Å². The zero-order valence-electron chi connectivity index (χ0n) is 10.4. The van der Waals surface area contributed by atoms with Gasteiger partial charge in [-0.2, -0.15) is 0 Å². The van der Waals surface area contributed by atoms with Crippen LogP contribution in [0.4, 0.5) is 10.1 Å². The van der Waals surface area contributed by atoms with Crippen LogP contribution < -0.4 is 10.1 Å². The SMILES string of the molecule is COc1ccc(NCCCCCC(=O)O)c(F)c1. The van der Waals surface area contributed by atoms with Gasteiger partial charge in [-0.05, 0) is 25.0 Å². The Hall–Kier alpha value is -1.78. The number of unbranched alkanes of at least 4 members (excludes halogenated alkanes) is 2. The molecule has 0 heterocycles. The van der Waals surface area contributed by atoms with Crippen molar-refractivity contribution < 1.29 is 19.0 Å². The number of benzene rings is 1. The lowest BCUT2D eigenvalue weighted by atomic mass is 10.2. The number of rotatable bonds is 8. The maximum atomic E-state index is 13.5. The molecule has 0 saturated heterocycles. The monoisotopic (exact) mass is 255 g/mol. The van der Waals surface area contributed by atoms with Crippen LogP contribution in [-0.2, 0) is 4.79 Å². The number of nitrogens with one attached hydrogen (secondary N) is 1. The average Bonchev–Trinajstić information content (AvgIpc) is 2.34.